The van der Waals surface area contributed by atoms with E-state index >= 15 is 0 Å². The summed E-state index contributed by atoms with van der Waals surface area (Å²) in [6, 6.07) is 3.42. The lowest BCUT2D eigenvalue weighted by atomic mass is 10.1. The van der Waals surface area contributed by atoms with E-state index in [2.05, 4.69) is 26.1 Å². The number of hydrogen-bond donors (Lipinski definition) is 2. The first-order valence-corrected chi connectivity index (χ1v) is 7.22. The van der Waals surface area contributed by atoms with Gasteiger partial charge in [0.1, 0.15) is 0 Å². The van der Waals surface area contributed by atoms with Crippen molar-refractivity contribution < 1.29 is 4.79 Å². The van der Waals surface area contributed by atoms with Gasteiger partial charge in [-0.1, -0.05) is 37.0 Å². The Balaban J connectivity index is 2.73. The van der Waals surface area contributed by atoms with Gasteiger partial charge in [0.05, 0.1) is 22.3 Å². The number of likely N-dealkylation sites (N-methyl/N-ethyl adjacent to an activating group) is 1. The fourth-order valence-corrected chi connectivity index (χ4v) is 2.37. The standard InChI is InChI=1S/C14H21Cl2N3O/c1-8(2)9(3)19(4)7-13(20)18-14-11(15)5-10(17)6-12(14)16/h5-6,8-9H,7,17H2,1-4H3,(H,18,20). The lowest BCUT2D eigenvalue weighted by molar-refractivity contribution is -0.117. The Morgan fingerprint density at radius 2 is 1.80 bits per heavy atom. The zero-order chi connectivity index (χ0) is 15.4. The third-order valence-corrected chi connectivity index (χ3v) is 3.98. The SMILES string of the molecule is CC(C)C(C)N(C)CC(=O)Nc1c(Cl)cc(N)cc1Cl. The van der Waals surface area contributed by atoms with E-state index in [0.29, 0.717) is 33.4 Å². The van der Waals surface area contributed by atoms with Gasteiger partial charge in [-0.05, 0) is 32.0 Å². The van der Waals surface area contributed by atoms with Gasteiger partial charge in [0.2, 0.25) is 5.91 Å². The van der Waals surface area contributed by atoms with E-state index in [4.69, 9.17) is 28.9 Å². The third-order valence-electron chi connectivity index (χ3n) is 3.38. The van der Waals surface area contributed by atoms with Crippen LogP contribution < -0.4 is 11.1 Å². The number of carbonyl (C=O) groups is 1. The number of carbonyl (C=O) groups excluding carboxylic acids is 1. The van der Waals surface area contributed by atoms with Crippen molar-refractivity contribution in [1.82, 2.24) is 4.90 Å². The van der Waals surface area contributed by atoms with Gasteiger partial charge in [0, 0.05) is 11.7 Å². The topological polar surface area (TPSA) is 58.4 Å². The highest BCUT2D eigenvalue weighted by atomic mass is 35.5. The van der Waals surface area contributed by atoms with Crippen molar-refractivity contribution in [3.63, 3.8) is 0 Å². The van der Waals surface area contributed by atoms with Crippen molar-refractivity contribution >= 4 is 40.5 Å². The van der Waals surface area contributed by atoms with Crippen molar-refractivity contribution in [1.29, 1.82) is 0 Å². The summed E-state index contributed by atoms with van der Waals surface area (Å²) in [7, 11) is 1.91. The molecule has 1 atom stereocenters. The summed E-state index contributed by atoms with van der Waals surface area (Å²) < 4.78 is 0. The maximum atomic E-state index is 12.0. The molecule has 1 aromatic carbocycles. The van der Waals surface area contributed by atoms with E-state index < -0.39 is 0 Å². The van der Waals surface area contributed by atoms with Crippen LogP contribution >= 0.6 is 23.2 Å². The van der Waals surface area contributed by atoms with Gasteiger partial charge in [-0.15, -0.1) is 0 Å². The molecule has 0 aliphatic heterocycles. The van der Waals surface area contributed by atoms with Crippen LogP contribution in [0.2, 0.25) is 10.0 Å². The first-order chi connectivity index (χ1) is 9.22. The Bertz CT molecular complexity index is 468. The first-order valence-electron chi connectivity index (χ1n) is 6.47. The molecule has 20 heavy (non-hydrogen) atoms. The van der Waals surface area contributed by atoms with Gasteiger partial charge in [-0.2, -0.15) is 0 Å². The highest BCUT2D eigenvalue weighted by Crippen LogP contribution is 2.32. The molecule has 0 radical (unpaired) electrons. The Kier molecular flexibility index (Phi) is 6.11. The third kappa shape index (κ3) is 4.54. The molecular weight excluding hydrogens is 297 g/mol. The lowest BCUT2D eigenvalue weighted by Gasteiger charge is -2.27. The fourth-order valence-electron chi connectivity index (χ4n) is 1.77. The molecule has 1 rings (SSSR count). The number of hydrogen-bond acceptors (Lipinski definition) is 3. The summed E-state index contributed by atoms with van der Waals surface area (Å²) in [6.07, 6.45) is 0. The van der Waals surface area contributed by atoms with Crippen LogP contribution in [0.15, 0.2) is 12.1 Å². The summed E-state index contributed by atoms with van der Waals surface area (Å²) in [5, 5.41) is 3.40. The highest BCUT2D eigenvalue weighted by molar-refractivity contribution is 6.40. The van der Waals surface area contributed by atoms with Crippen LogP contribution in [0, 0.1) is 5.92 Å². The van der Waals surface area contributed by atoms with Crippen molar-refractivity contribution in [2.24, 2.45) is 5.92 Å². The molecule has 1 unspecified atom stereocenters. The number of amides is 1. The second-order valence-corrected chi connectivity index (χ2v) is 6.12. The minimum absolute atomic E-state index is 0.159. The van der Waals surface area contributed by atoms with Crippen LogP contribution in [0.25, 0.3) is 0 Å². The minimum Gasteiger partial charge on any atom is -0.399 e. The molecule has 1 aromatic rings. The van der Waals surface area contributed by atoms with Gasteiger partial charge >= 0.3 is 0 Å². The van der Waals surface area contributed by atoms with Gasteiger partial charge < -0.3 is 11.1 Å². The summed E-state index contributed by atoms with van der Waals surface area (Å²) in [5.41, 5.74) is 6.49. The molecule has 6 heteroatoms. The Morgan fingerprint density at radius 1 is 1.30 bits per heavy atom. The average Bonchev–Trinajstić information content (AvgIpc) is 2.32. The molecule has 0 heterocycles. The number of halogens is 2. The molecule has 0 bridgehead atoms. The fraction of sp³-hybridized carbons (Fsp3) is 0.500. The molecule has 112 valence electrons. The van der Waals surface area contributed by atoms with E-state index in [0.717, 1.165) is 0 Å². The van der Waals surface area contributed by atoms with Crippen molar-refractivity contribution in [3.05, 3.63) is 22.2 Å². The Morgan fingerprint density at radius 3 is 2.25 bits per heavy atom. The summed E-state index contributed by atoms with van der Waals surface area (Å²) >= 11 is 12.1. The number of anilines is 2. The normalized spacial score (nSPS) is 12.8. The number of nitrogens with two attached hydrogens (primary N) is 1. The maximum Gasteiger partial charge on any atom is 0.238 e. The zero-order valence-corrected chi connectivity index (χ0v) is 13.7. The predicted octanol–water partition coefficient (Wildman–Crippen LogP) is 3.49. The molecule has 1 amide bonds. The molecule has 4 nitrogen and oxygen atoms in total. The Hall–Kier alpha value is -0.970. The minimum atomic E-state index is -0.159. The van der Waals surface area contributed by atoms with Crippen LogP contribution in [0.5, 0.6) is 0 Å². The van der Waals surface area contributed by atoms with Crippen molar-refractivity contribution in [2.45, 2.75) is 26.8 Å². The molecule has 0 saturated heterocycles. The van der Waals surface area contributed by atoms with E-state index in [9.17, 15) is 4.79 Å². The molecule has 0 fully saturated rings. The largest absolute Gasteiger partial charge is 0.399 e. The molecule has 0 spiro atoms. The molecule has 0 aliphatic carbocycles. The highest BCUT2D eigenvalue weighted by Gasteiger charge is 2.17. The second kappa shape index (κ2) is 7.16. The summed E-state index contributed by atoms with van der Waals surface area (Å²) in [6.45, 7) is 6.59. The molecule has 0 saturated carbocycles. The van der Waals surface area contributed by atoms with E-state index in [1.165, 1.54) is 0 Å². The molecule has 0 aliphatic rings. The quantitative estimate of drug-likeness (QED) is 0.817. The number of nitrogens with one attached hydrogen (secondary N) is 1. The predicted molar refractivity (Wildman–Crippen MR) is 86.4 cm³/mol. The average molecular weight is 318 g/mol. The summed E-state index contributed by atoms with van der Waals surface area (Å²) in [5.74, 6) is 0.310. The zero-order valence-electron chi connectivity index (χ0n) is 12.2. The smallest absolute Gasteiger partial charge is 0.238 e. The van der Waals surface area contributed by atoms with Gasteiger partial charge in [-0.3, -0.25) is 9.69 Å². The maximum absolute atomic E-state index is 12.0. The second-order valence-electron chi connectivity index (χ2n) is 5.31. The lowest BCUT2D eigenvalue weighted by Crippen LogP contribution is -2.39. The van der Waals surface area contributed by atoms with Gasteiger partial charge in [-0.25, -0.2) is 0 Å². The molecule has 0 aromatic heterocycles. The van der Waals surface area contributed by atoms with Crippen LogP contribution in [0.3, 0.4) is 0 Å². The van der Waals surface area contributed by atoms with Crippen LogP contribution in [0.4, 0.5) is 11.4 Å². The monoisotopic (exact) mass is 317 g/mol. The molecular formula is C14H21Cl2N3O. The van der Waals surface area contributed by atoms with Gasteiger partial charge in [0.15, 0.2) is 0 Å². The van der Waals surface area contributed by atoms with E-state index in [-0.39, 0.29) is 12.5 Å². The number of nitrogens with zero attached hydrogens (tertiary/aromatic N) is 1. The van der Waals surface area contributed by atoms with Crippen molar-refractivity contribution in [2.75, 3.05) is 24.6 Å². The first kappa shape index (κ1) is 17.1. The van der Waals surface area contributed by atoms with E-state index in [1.54, 1.807) is 12.1 Å². The van der Waals surface area contributed by atoms with E-state index in [1.807, 2.05) is 11.9 Å². The van der Waals surface area contributed by atoms with Crippen LogP contribution in [-0.2, 0) is 4.79 Å². The number of benzene rings is 1. The van der Waals surface area contributed by atoms with Crippen molar-refractivity contribution in [3.8, 4) is 0 Å². The number of rotatable bonds is 5. The van der Waals surface area contributed by atoms with Gasteiger partial charge in [0.25, 0.3) is 0 Å². The Labute approximate surface area is 130 Å². The molecule has 3 N–H and O–H groups in total. The van der Waals surface area contributed by atoms with Crippen LogP contribution in [-0.4, -0.2) is 30.4 Å². The van der Waals surface area contributed by atoms with Crippen LogP contribution in [0.1, 0.15) is 20.8 Å². The number of nitrogen functional groups attached to an aromatic ring is 1. The summed E-state index contributed by atoms with van der Waals surface area (Å²) in [4.78, 5) is 14.0.